The Morgan fingerprint density at radius 3 is 2.79 bits per heavy atom. The number of pyridine rings is 1. The molecule has 19 heavy (non-hydrogen) atoms. The topological polar surface area (TPSA) is 68.8 Å². The van der Waals surface area contributed by atoms with Crippen LogP contribution >= 0.6 is 12.2 Å². The lowest BCUT2D eigenvalue weighted by atomic mass is 10.1. The van der Waals surface area contributed by atoms with E-state index in [-0.39, 0.29) is 0 Å². The SMILES string of the molecule is Cc1ccnc(NCc2cn(C)nc2C)c1C(N)=S. The molecule has 2 heterocycles. The van der Waals surface area contributed by atoms with Crippen LogP contribution in [0.15, 0.2) is 18.5 Å². The van der Waals surface area contributed by atoms with Gasteiger partial charge in [-0.1, -0.05) is 12.2 Å². The monoisotopic (exact) mass is 275 g/mol. The second-order valence-corrected chi connectivity index (χ2v) is 4.92. The van der Waals surface area contributed by atoms with Gasteiger partial charge in [-0.05, 0) is 25.5 Å². The van der Waals surface area contributed by atoms with Gasteiger partial charge in [0.2, 0.25) is 0 Å². The van der Waals surface area contributed by atoms with E-state index in [4.69, 9.17) is 18.0 Å². The summed E-state index contributed by atoms with van der Waals surface area (Å²) in [5.74, 6) is 0.718. The highest BCUT2D eigenvalue weighted by atomic mass is 32.1. The van der Waals surface area contributed by atoms with Crippen LogP contribution in [0.25, 0.3) is 0 Å². The van der Waals surface area contributed by atoms with Crippen molar-refractivity contribution in [1.29, 1.82) is 0 Å². The highest BCUT2D eigenvalue weighted by molar-refractivity contribution is 7.80. The predicted octanol–water partition coefficient (Wildman–Crippen LogP) is 1.68. The molecule has 0 amide bonds. The van der Waals surface area contributed by atoms with Gasteiger partial charge in [-0.15, -0.1) is 0 Å². The number of anilines is 1. The first-order chi connectivity index (χ1) is 8.99. The minimum atomic E-state index is 0.357. The fourth-order valence-electron chi connectivity index (χ4n) is 2.00. The molecule has 6 heteroatoms. The number of thiocarbonyl (C=S) groups is 1. The summed E-state index contributed by atoms with van der Waals surface area (Å²) < 4.78 is 1.80. The second kappa shape index (κ2) is 5.36. The minimum Gasteiger partial charge on any atom is -0.389 e. The van der Waals surface area contributed by atoms with Gasteiger partial charge in [0.05, 0.1) is 11.3 Å². The number of nitrogens with one attached hydrogen (secondary N) is 1. The molecule has 2 rings (SSSR count). The zero-order chi connectivity index (χ0) is 14.0. The average Bonchev–Trinajstić information content (AvgIpc) is 2.64. The second-order valence-electron chi connectivity index (χ2n) is 4.48. The van der Waals surface area contributed by atoms with Crippen molar-refractivity contribution in [2.45, 2.75) is 20.4 Å². The van der Waals surface area contributed by atoms with E-state index in [9.17, 15) is 0 Å². The Morgan fingerprint density at radius 1 is 1.47 bits per heavy atom. The van der Waals surface area contributed by atoms with E-state index >= 15 is 0 Å². The Hall–Kier alpha value is -1.95. The normalized spacial score (nSPS) is 10.5. The van der Waals surface area contributed by atoms with E-state index in [1.54, 1.807) is 10.9 Å². The Morgan fingerprint density at radius 2 is 2.21 bits per heavy atom. The molecule has 0 atom stereocenters. The van der Waals surface area contributed by atoms with Crippen LogP contribution < -0.4 is 11.1 Å². The molecule has 0 saturated heterocycles. The lowest BCUT2D eigenvalue weighted by Gasteiger charge is -2.11. The molecule has 0 aliphatic rings. The summed E-state index contributed by atoms with van der Waals surface area (Å²) in [5.41, 5.74) is 9.70. The third kappa shape index (κ3) is 2.90. The molecule has 0 aliphatic heterocycles. The van der Waals surface area contributed by atoms with Crippen LogP contribution in [0.2, 0.25) is 0 Å². The van der Waals surface area contributed by atoms with E-state index < -0.39 is 0 Å². The van der Waals surface area contributed by atoms with Crippen molar-refractivity contribution in [2.24, 2.45) is 12.8 Å². The summed E-state index contributed by atoms with van der Waals surface area (Å²) in [4.78, 5) is 4.66. The zero-order valence-electron chi connectivity index (χ0n) is 11.3. The van der Waals surface area contributed by atoms with E-state index in [1.165, 1.54) is 0 Å². The maximum absolute atomic E-state index is 5.75. The average molecular weight is 275 g/mol. The van der Waals surface area contributed by atoms with Gasteiger partial charge in [0.25, 0.3) is 0 Å². The number of aromatic nitrogens is 3. The van der Waals surface area contributed by atoms with Crippen molar-refractivity contribution in [3.8, 4) is 0 Å². The molecule has 0 spiro atoms. The van der Waals surface area contributed by atoms with Crippen molar-refractivity contribution >= 4 is 23.0 Å². The Bertz CT molecular complexity index is 617. The summed E-state index contributed by atoms with van der Waals surface area (Å²) in [5, 5.41) is 7.58. The van der Waals surface area contributed by atoms with Crippen LogP contribution in [-0.2, 0) is 13.6 Å². The van der Waals surface area contributed by atoms with Gasteiger partial charge >= 0.3 is 0 Å². The van der Waals surface area contributed by atoms with Gasteiger partial charge < -0.3 is 11.1 Å². The van der Waals surface area contributed by atoms with Crippen molar-refractivity contribution in [1.82, 2.24) is 14.8 Å². The number of hydrogen-bond donors (Lipinski definition) is 2. The lowest BCUT2D eigenvalue weighted by Crippen LogP contribution is -2.16. The first-order valence-corrected chi connectivity index (χ1v) is 6.38. The minimum absolute atomic E-state index is 0.357. The molecule has 3 N–H and O–H groups in total. The summed E-state index contributed by atoms with van der Waals surface area (Å²) >= 11 is 5.08. The number of nitrogens with zero attached hydrogens (tertiary/aromatic N) is 3. The van der Waals surface area contributed by atoms with Crippen LogP contribution in [0.1, 0.15) is 22.4 Å². The smallest absolute Gasteiger partial charge is 0.136 e. The highest BCUT2D eigenvalue weighted by Crippen LogP contribution is 2.17. The third-order valence-electron chi connectivity index (χ3n) is 2.97. The summed E-state index contributed by atoms with van der Waals surface area (Å²) in [6.07, 6.45) is 3.73. The molecule has 5 nitrogen and oxygen atoms in total. The van der Waals surface area contributed by atoms with Gasteiger partial charge in [0, 0.05) is 31.5 Å². The molecule has 0 fully saturated rings. The first kappa shape index (κ1) is 13.5. The van der Waals surface area contributed by atoms with Gasteiger partial charge in [-0.3, -0.25) is 4.68 Å². The van der Waals surface area contributed by atoms with Gasteiger partial charge in [-0.2, -0.15) is 5.10 Å². The molecule has 0 aliphatic carbocycles. The molecular formula is C13H17N5S. The van der Waals surface area contributed by atoms with E-state index in [1.807, 2.05) is 33.2 Å². The predicted molar refractivity (Wildman–Crippen MR) is 80.1 cm³/mol. The number of nitrogens with two attached hydrogens (primary N) is 1. The summed E-state index contributed by atoms with van der Waals surface area (Å²) in [6, 6.07) is 1.90. The van der Waals surface area contributed by atoms with Crippen molar-refractivity contribution < 1.29 is 0 Å². The van der Waals surface area contributed by atoms with Crippen molar-refractivity contribution in [2.75, 3.05) is 5.32 Å². The van der Waals surface area contributed by atoms with E-state index in [0.29, 0.717) is 11.5 Å². The molecule has 0 saturated carbocycles. The molecule has 0 unspecified atom stereocenters. The van der Waals surface area contributed by atoms with Crippen LogP contribution in [0.5, 0.6) is 0 Å². The molecule has 2 aromatic rings. The Balaban J connectivity index is 2.22. The molecule has 2 aromatic heterocycles. The van der Waals surface area contributed by atoms with Gasteiger partial charge in [0.1, 0.15) is 10.8 Å². The van der Waals surface area contributed by atoms with Crippen molar-refractivity contribution in [3.63, 3.8) is 0 Å². The highest BCUT2D eigenvalue weighted by Gasteiger charge is 2.10. The Labute approximate surface area is 117 Å². The quantitative estimate of drug-likeness (QED) is 0.831. The number of aryl methyl sites for hydroxylation is 3. The Kier molecular flexibility index (Phi) is 3.80. The standard InChI is InChI=1S/C13H17N5S/c1-8-4-5-15-13(11(8)12(14)19)16-6-10-7-18(3)17-9(10)2/h4-5,7H,6H2,1-3H3,(H2,14,19)(H,15,16). The summed E-state index contributed by atoms with van der Waals surface area (Å²) in [6.45, 7) is 4.59. The fourth-order valence-corrected chi connectivity index (χ4v) is 2.26. The molecule has 0 radical (unpaired) electrons. The molecular weight excluding hydrogens is 258 g/mol. The lowest BCUT2D eigenvalue weighted by molar-refractivity contribution is 0.756. The zero-order valence-corrected chi connectivity index (χ0v) is 12.1. The number of hydrogen-bond acceptors (Lipinski definition) is 4. The van der Waals surface area contributed by atoms with Crippen LogP contribution in [-0.4, -0.2) is 19.8 Å². The third-order valence-corrected chi connectivity index (χ3v) is 3.17. The summed E-state index contributed by atoms with van der Waals surface area (Å²) in [7, 11) is 1.90. The van der Waals surface area contributed by atoms with Gasteiger partial charge in [-0.25, -0.2) is 4.98 Å². The first-order valence-electron chi connectivity index (χ1n) is 5.97. The largest absolute Gasteiger partial charge is 0.389 e. The fraction of sp³-hybridized carbons (Fsp3) is 0.308. The van der Waals surface area contributed by atoms with Crippen molar-refractivity contribution in [3.05, 3.63) is 40.8 Å². The van der Waals surface area contributed by atoms with Crippen LogP contribution in [0.4, 0.5) is 5.82 Å². The van der Waals surface area contributed by atoms with Crippen LogP contribution in [0, 0.1) is 13.8 Å². The van der Waals surface area contributed by atoms with E-state index in [2.05, 4.69) is 15.4 Å². The molecule has 100 valence electrons. The van der Waals surface area contributed by atoms with E-state index in [0.717, 1.165) is 28.2 Å². The molecule has 0 bridgehead atoms. The molecule has 0 aromatic carbocycles. The number of rotatable bonds is 4. The maximum atomic E-state index is 5.75. The van der Waals surface area contributed by atoms with Crippen LogP contribution in [0.3, 0.4) is 0 Å². The maximum Gasteiger partial charge on any atom is 0.136 e. The van der Waals surface area contributed by atoms with Gasteiger partial charge in [0.15, 0.2) is 0 Å².